The lowest BCUT2D eigenvalue weighted by Gasteiger charge is -2.17. The highest BCUT2D eigenvalue weighted by atomic mass is 16.7. The van der Waals surface area contributed by atoms with E-state index in [0.29, 0.717) is 30.7 Å². The Hall–Kier alpha value is -2.70. The van der Waals surface area contributed by atoms with E-state index >= 15 is 0 Å². The molecular weight excluding hydrogens is 326 g/mol. The van der Waals surface area contributed by atoms with E-state index in [0.717, 1.165) is 0 Å². The van der Waals surface area contributed by atoms with Crippen LogP contribution in [0.1, 0.15) is 46.4 Å². The maximum atomic E-state index is 12.8. The van der Waals surface area contributed by atoms with Crippen LogP contribution < -0.4 is 0 Å². The van der Waals surface area contributed by atoms with Crippen LogP contribution in [0, 0.1) is 16.2 Å². The number of imide groups is 1. The maximum absolute atomic E-state index is 12.8. The van der Waals surface area contributed by atoms with Crippen molar-refractivity contribution >= 4 is 23.8 Å². The van der Waals surface area contributed by atoms with Gasteiger partial charge in [0, 0.05) is 5.41 Å². The van der Waals surface area contributed by atoms with Crippen molar-refractivity contribution in [3.63, 3.8) is 0 Å². The van der Waals surface area contributed by atoms with Gasteiger partial charge >= 0.3 is 11.9 Å². The summed E-state index contributed by atoms with van der Waals surface area (Å²) >= 11 is 0. The maximum Gasteiger partial charge on any atom is 0.339 e. The second-order valence-corrected chi connectivity index (χ2v) is 7.42. The Balaban J connectivity index is 1.38. The number of benzene rings is 1. The molecule has 5 rings (SSSR count). The van der Waals surface area contributed by atoms with Gasteiger partial charge in [0.1, 0.15) is 0 Å². The van der Waals surface area contributed by atoms with Crippen LogP contribution in [-0.2, 0) is 19.2 Å². The number of rotatable bonds is 3. The molecule has 0 bridgehead atoms. The van der Waals surface area contributed by atoms with E-state index in [9.17, 15) is 19.2 Å². The summed E-state index contributed by atoms with van der Waals surface area (Å²) in [5, 5.41) is 0.550. The van der Waals surface area contributed by atoms with Gasteiger partial charge in [-0.3, -0.25) is 14.4 Å². The number of hydrogen-bond donors (Lipinski definition) is 0. The predicted molar refractivity (Wildman–Crippen MR) is 80.8 cm³/mol. The van der Waals surface area contributed by atoms with Crippen LogP contribution in [0.25, 0.3) is 0 Å². The van der Waals surface area contributed by atoms with Gasteiger partial charge in [0.15, 0.2) is 0 Å². The lowest BCUT2D eigenvalue weighted by atomic mass is 9.98. The number of nitrogens with zero attached hydrogens (tertiary/aromatic N) is 1. The van der Waals surface area contributed by atoms with Crippen molar-refractivity contribution in [3.05, 3.63) is 35.4 Å². The Labute approximate surface area is 142 Å². The average molecular weight is 341 g/mol. The normalized spacial score (nSPS) is 36.4. The molecule has 1 aliphatic heterocycles. The van der Waals surface area contributed by atoms with E-state index < -0.39 is 34.0 Å². The van der Waals surface area contributed by atoms with Crippen molar-refractivity contribution in [1.29, 1.82) is 0 Å². The molecule has 0 radical (unpaired) electrons. The molecule has 3 aliphatic carbocycles. The number of ether oxygens (including phenoxy) is 1. The highest BCUT2D eigenvalue weighted by molar-refractivity contribution is 6.21. The van der Waals surface area contributed by atoms with E-state index in [1.807, 2.05) is 0 Å². The van der Waals surface area contributed by atoms with Crippen molar-refractivity contribution < 1.29 is 28.8 Å². The summed E-state index contributed by atoms with van der Waals surface area (Å²) < 4.78 is 4.90. The number of methoxy groups -OCH3 is 1. The molecule has 25 heavy (non-hydrogen) atoms. The Morgan fingerprint density at radius 2 is 1.48 bits per heavy atom. The molecule has 7 heteroatoms. The van der Waals surface area contributed by atoms with Crippen molar-refractivity contribution in [2.75, 3.05) is 7.11 Å². The molecule has 1 heterocycles. The molecule has 0 N–H and O–H groups in total. The molecule has 1 aromatic rings. The molecule has 4 aliphatic rings. The summed E-state index contributed by atoms with van der Waals surface area (Å²) in [4.78, 5) is 54.8. The molecule has 3 fully saturated rings. The highest BCUT2D eigenvalue weighted by Gasteiger charge is 2.96. The van der Waals surface area contributed by atoms with Gasteiger partial charge in [-0.15, -0.1) is 0 Å². The number of amides is 2. The first-order chi connectivity index (χ1) is 11.9. The zero-order valence-electron chi connectivity index (χ0n) is 13.5. The topological polar surface area (TPSA) is 90.0 Å². The summed E-state index contributed by atoms with van der Waals surface area (Å²) in [5.41, 5.74) is -1.29. The van der Waals surface area contributed by atoms with Crippen molar-refractivity contribution in [2.24, 2.45) is 16.2 Å². The Morgan fingerprint density at radius 3 is 1.96 bits per heavy atom. The van der Waals surface area contributed by atoms with E-state index in [4.69, 9.17) is 9.57 Å². The largest absolute Gasteiger partial charge is 0.469 e. The standard InChI is InChI=1S/C18H15NO6/c1-24-14(22)16-6-7-17(9-18(16,17)8-16)15(23)25-19-12(20)10-4-2-3-5-11(10)13(19)21/h2-5H,6-9H2,1H3. The van der Waals surface area contributed by atoms with Gasteiger partial charge < -0.3 is 9.57 Å². The van der Waals surface area contributed by atoms with Gasteiger partial charge in [0.25, 0.3) is 11.8 Å². The number of hydroxylamine groups is 2. The number of esters is 1. The Kier molecular flexibility index (Phi) is 2.40. The summed E-state index contributed by atoms with van der Waals surface area (Å²) in [6.45, 7) is 0. The Bertz CT molecular complexity index is 850. The molecule has 0 saturated heterocycles. The molecule has 3 atom stereocenters. The second kappa shape index (κ2) is 4.09. The molecular formula is C18H15NO6. The van der Waals surface area contributed by atoms with Crippen molar-refractivity contribution in [3.8, 4) is 0 Å². The van der Waals surface area contributed by atoms with E-state index in [-0.39, 0.29) is 17.1 Å². The van der Waals surface area contributed by atoms with Crippen LogP contribution >= 0.6 is 0 Å². The van der Waals surface area contributed by atoms with Crippen molar-refractivity contribution in [2.45, 2.75) is 25.7 Å². The van der Waals surface area contributed by atoms with E-state index in [1.165, 1.54) is 19.2 Å². The zero-order chi connectivity index (χ0) is 17.6. The van der Waals surface area contributed by atoms with Crippen molar-refractivity contribution in [1.82, 2.24) is 5.06 Å². The lowest BCUT2D eigenvalue weighted by Crippen LogP contribution is -2.36. The van der Waals surface area contributed by atoms with Gasteiger partial charge in [0.05, 0.1) is 29.1 Å². The number of carbonyl (C=O) groups excluding carboxylic acids is 4. The number of hydrogen-bond acceptors (Lipinski definition) is 6. The Morgan fingerprint density at radius 1 is 0.960 bits per heavy atom. The fourth-order valence-corrected chi connectivity index (χ4v) is 5.24. The van der Waals surface area contributed by atoms with Gasteiger partial charge in [-0.1, -0.05) is 17.2 Å². The smallest absolute Gasteiger partial charge is 0.339 e. The third-order valence-corrected chi connectivity index (χ3v) is 6.67. The van der Waals surface area contributed by atoms with Crippen LogP contribution in [0.15, 0.2) is 24.3 Å². The summed E-state index contributed by atoms with van der Waals surface area (Å²) in [5.74, 6) is -2.13. The minimum absolute atomic E-state index is 0.227. The third-order valence-electron chi connectivity index (χ3n) is 6.67. The predicted octanol–water partition coefficient (Wildman–Crippen LogP) is 1.47. The SMILES string of the molecule is COC(=O)C12CCC3(C(=O)ON4C(=O)c5ccccc5C4=O)CC13C2. The molecule has 128 valence electrons. The molecule has 7 nitrogen and oxygen atoms in total. The van der Waals surface area contributed by atoms with Gasteiger partial charge in [-0.2, -0.15) is 0 Å². The molecule has 3 saturated carbocycles. The van der Waals surface area contributed by atoms with Crippen LogP contribution in [0.4, 0.5) is 0 Å². The lowest BCUT2D eigenvalue weighted by molar-refractivity contribution is -0.176. The van der Waals surface area contributed by atoms with E-state index in [1.54, 1.807) is 12.1 Å². The fourth-order valence-electron chi connectivity index (χ4n) is 5.24. The summed E-state index contributed by atoms with van der Waals surface area (Å²) in [7, 11) is 1.35. The van der Waals surface area contributed by atoms with Gasteiger partial charge in [0.2, 0.25) is 0 Å². The summed E-state index contributed by atoms with van der Waals surface area (Å²) in [6.07, 6.45) is 2.27. The fraction of sp³-hybridized carbons (Fsp3) is 0.444. The van der Waals surface area contributed by atoms with Gasteiger partial charge in [-0.05, 0) is 37.8 Å². The number of fused-ring (bicyclic) bond motifs is 1. The van der Waals surface area contributed by atoms with Crippen LogP contribution in [0.3, 0.4) is 0 Å². The average Bonchev–Trinajstić information content (AvgIpc) is 3.46. The van der Waals surface area contributed by atoms with Crippen LogP contribution in [0.2, 0.25) is 0 Å². The van der Waals surface area contributed by atoms with Gasteiger partial charge in [-0.25, -0.2) is 4.79 Å². The first kappa shape index (κ1) is 14.6. The summed E-state index contributed by atoms with van der Waals surface area (Å²) in [6, 6.07) is 6.35. The molecule has 0 aromatic heterocycles. The minimum Gasteiger partial charge on any atom is -0.469 e. The second-order valence-electron chi connectivity index (χ2n) is 7.42. The highest BCUT2D eigenvalue weighted by Crippen LogP contribution is 2.95. The molecule has 3 unspecified atom stereocenters. The molecule has 1 spiro atoms. The first-order valence-electron chi connectivity index (χ1n) is 8.21. The minimum atomic E-state index is -0.767. The molecule has 1 aromatic carbocycles. The van der Waals surface area contributed by atoms with Crippen LogP contribution in [-0.4, -0.2) is 35.9 Å². The van der Waals surface area contributed by atoms with E-state index in [2.05, 4.69) is 0 Å². The van der Waals surface area contributed by atoms with Crippen LogP contribution in [0.5, 0.6) is 0 Å². The first-order valence-corrected chi connectivity index (χ1v) is 8.21. The quantitative estimate of drug-likeness (QED) is 0.611. The zero-order valence-corrected chi connectivity index (χ0v) is 13.5. The monoisotopic (exact) mass is 341 g/mol. The third kappa shape index (κ3) is 1.40. The number of carbonyl (C=O) groups is 4. The molecule has 2 amide bonds.